The Labute approximate surface area is 257 Å². The molecule has 3 aromatic rings. The molecule has 2 aromatic carbocycles. The van der Waals surface area contributed by atoms with Crippen molar-refractivity contribution in [1.82, 2.24) is 20.1 Å². The maximum absolute atomic E-state index is 13.2. The van der Waals surface area contributed by atoms with Gasteiger partial charge in [-0.2, -0.15) is 0 Å². The van der Waals surface area contributed by atoms with Crippen LogP contribution in [0.1, 0.15) is 72.2 Å². The lowest BCUT2D eigenvalue weighted by atomic mass is 10.0. The van der Waals surface area contributed by atoms with Crippen LogP contribution in [-0.4, -0.2) is 77.9 Å². The van der Waals surface area contributed by atoms with Crippen LogP contribution in [0.2, 0.25) is 0 Å². The van der Waals surface area contributed by atoms with Crippen molar-refractivity contribution in [3.05, 3.63) is 64.5 Å². The highest BCUT2D eigenvalue weighted by Crippen LogP contribution is 2.33. The summed E-state index contributed by atoms with van der Waals surface area (Å²) in [6, 6.07) is 13.7. The number of nitrogens with zero attached hydrogens (tertiary/aromatic N) is 3. The molecule has 9 nitrogen and oxygen atoms in total. The number of benzene rings is 2. The Morgan fingerprint density at radius 2 is 1.77 bits per heavy atom. The number of nitrogens with one attached hydrogen (secondary N) is 2. The van der Waals surface area contributed by atoms with Crippen LogP contribution in [0.3, 0.4) is 0 Å². The number of methoxy groups -OCH3 is 1. The number of piperidine rings is 1. The third-order valence-corrected chi connectivity index (χ3v) is 9.13. The van der Waals surface area contributed by atoms with E-state index < -0.39 is 0 Å². The Bertz CT molecular complexity index is 1430. The number of amides is 3. The SMILES string of the molecule is CCCCc1ccc(OC)c(-c2csc(NC(=O)c3ccc(C(=O)N4CCC(N5CC[C@@H](NC(C)=O)C5)CC4)cc3)n2)c1. The first kappa shape index (κ1) is 30.7. The minimum absolute atomic E-state index is 0.0115. The van der Waals surface area contributed by atoms with E-state index in [1.807, 2.05) is 16.3 Å². The van der Waals surface area contributed by atoms with Gasteiger partial charge in [-0.3, -0.25) is 24.6 Å². The number of aromatic nitrogens is 1. The lowest BCUT2D eigenvalue weighted by Crippen LogP contribution is -2.47. The van der Waals surface area contributed by atoms with Gasteiger partial charge >= 0.3 is 0 Å². The summed E-state index contributed by atoms with van der Waals surface area (Å²) in [6.45, 7) is 7.00. The maximum atomic E-state index is 13.2. The number of thiazole rings is 1. The molecule has 2 N–H and O–H groups in total. The van der Waals surface area contributed by atoms with E-state index in [0.717, 1.165) is 68.6 Å². The fourth-order valence-electron chi connectivity index (χ4n) is 6.02. The zero-order valence-electron chi connectivity index (χ0n) is 25.2. The molecule has 0 saturated carbocycles. The first-order valence-electron chi connectivity index (χ1n) is 15.2. The van der Waals surface area contributed by atoms with Crippen LogP contribution in [-0.2, 0) is 11.2 Å². The lowest BCUT2D eigenvalue weighted by Gasteiger charge is -2.36. The van der Waals surface area contributed by atoms with Crippen LogP contribution < -0.4 is 15.4 Å². The van der Waals surface area contributed by atoms with E-state index in [2.05, 4.69) is 39.6 Å². The van der Waals surface area contributed by atoms with E-state index in [4.69, 9.17) is 4.74 Å². The molecule has 0 spiro atoms. The number of unbranched alkanes of at least 4 members (excludes halogenated alkanes) is 1. The Hall–Kier alpha value is -3.76. The fraction of sp³-hybridized carbons (Fsp3) is 0.455. The smallest absolute Gasteiger partial charge is 0.257 e. The molecule has 2 aliphatic rings. The second kappa shape index (κ2) is 14.1. The van der Waals surface area contributed by atoms with Gasteiger partial charge in [-0.15, -0.1) is 11.3 Å². The summed E-state index contributed by atoms with van der Waals surface area (Å²) in [5, 5.41) is 8.35. The van der Waals surface area contributed by atoms with Gasteiger partial charge in [-0.25, -0.2) is 4.98 Å². The van der Waals surface area contributed by atoms with Gasteiger partial charge in [0.1, 0.15) is 5.75 Å². The van der Waals surface area contributed by atoms with Crippen LogP contribution in [0.25, 0.3) is 11.3 Å². The number of anilines is 1. The van der Waals surface area contributed by atoms with Gasteiger partial charge in [0, 0.05) is 67.3 Å². The number of ether oxygens (including phenoxy) is 1. The predicted molar refractivity (Wildman–Crippen MR) is 170 cm³/mol. The summed E-state index contributed by atoms with van der Waals surface area (Å²) in [5.41, 5.74) is 3.95. The van der Waals surface area contributed by atoms with Crippen LogP contribution in [0.15, 0.2) is 47.8 Å². The molecule has 1 aromatic heterocycles. The number of likely N-dealkylation sites (tertiary alicyclic amines) is 2. The van der Waals surface area contributed by atoms with Crippen molar-refractivity contribution in [2.75, 3.05) is 38.6 Å². The lowest BCUT2D eigenvalue weighted by molar-refractivity contribution is -0.119. The van der Waals surface area contributed by atoms with Gasteiger partial charge in [0.15, 0.2) is 5.13 Å². The van der Waals surface area contributed by atoms with E-state index >= 15 is 0 Å². The quantitative estimate of drug-likeness (QED) is 0.329. The normalized spacial score (nSPS) is 17.6. The molecular formula is C33H41N5O4S. The largest absolute Gasteiger partial charge is 0.496 e. The van der Waals surface area contributed by atoms with Crippen molar-refractivity contribution in [3.63, 3.8) is 0 Å². The van der Waals surface area contributed by atoms with Crippen LogP contribution in [0, 0.1) is 0 Å². The van der Waals surface area contributed by atoms with Gasteiger partial charge < -0.3 is 15.0 Å². The molecular weight excluding hydrogens is 562 g/mol. The van der Waals surface area contributed by atoms with E-state index in [1.54, 1.807) is 38.3 Å². The molecule has 3 heterocycles. The number of hydrogen-bond acceptors (Lipinski definition) is 7. The summed E-state index contributed by atoms with van der Waals surface area (Å²) in [4.78, 5) is 46.6. The van der Waals surface area contributed by atoms with Crippen molar-refractivity contribution < 1.29 is 19.1 Å². The zero-order valence-corrected chi connectivity index (χ0v) is 26.0. The minimum Gasteiger partial charge on any atom is -0.496 e. The zero-order chi connectivity index (χ0) is 30.3. The summed E-state index contributed by atoms with van der Waals surface area (Å²) < 4.78 is 5.57. The summed E-state index contributed by atoms with van der Waals surface area (Å²) in [6.07, 6.45) is 6.06. The van der Waals surface area contributed by atoms with E-state index in [-0.39, 0.29) is 23.8 Å². The average Bonchev–Trinajstić information content (AvgIpc) is 3.69. The Morgan fingerprint density at radius 1 is 1.02 bits per heavy atom. The third-order valence-electron chi connectivity index (χ3n) is 8.37. The molecule has 43 heavy (non-hydrogen) atoms. The summed E-state index contributed by atoms with van der Waals surface area (Å²) in [7, 11) is 1.65. The third kappa shape index (κ3) is 7.61. The molecule has 2 aliphatic heterocycles. The van der Waals surface area contributed by atoms with Crippen molar-refractivity contribution in [1.29, 1.82) is 0 Å². The highest BCUT2D eigenvalue weighted by Gasteiger charge is 2.32. The molecule has 0 aliphatic carbocycles. The molecule has 10 heteroatoms. The summed E-state index contributed by atoms with van der Waals surface area (Å²) >= 11 is 1.37. The number of aryl methyl sites for hydroxylation is 1. The second-order valence-corrected chi connectivity index (χ2v) is 12.3. The van der Waals surface area contributed by atoms with E-state index in [1.165, 1.54) is 16.9 Å². The molecule has 0 radical (unpaired) electrons. The van der Waals surface area contributed by atoms with E-state index in [0.29, 0.717) is 35.4 Å². The van der Waals surface area contributed by atoms with Crippen LogP contribution in [0.5, 0.6) is 5.75 Å². The van der Waals surface area contributed by atoms with Crippen molar-refractivity contribution in [3.8, 4) is 17.0 Å². The summed E-state index contributed by atoms with van der Waals surface area (Å²) in [5.74, 6) is 0.489. The Balaban J connectivity index is 1.15. The Kier molecular flexibility index (Phi) is 10.1. The van der Waals surface area contributed by atoms with Crippen molar-refractivity contribution in [2.45, 2.75) is 64.5 Å². The van der Waals surface area contributed by atoms with Gasteiger partial charge in [0.05, 0.1) is 12.8 Å². The molecule has 228 valence electrons. The minimum atomic E-state index is -0.271. The van der Waals surface area contributed by atoms with Crippen LogP contribution >= 0.6 is 11.3 Å². The average molecular weight is 604 g/mol. The molecule has 3 amide bonds. The number of hydrogen-bond donors (Lipinski definition) is 2. The molecule has 1 atom stereocenters. The highest BCUT2D eigenvalue weighted by molar-refractivity contribution is 7.14. The first-order chi connectivity index (χ1) is 20.8. The molecule has 5 rings (SSSR count). The number of carbonyl (C=O) groups excluding carboxylic acids is 3. The maximum Gasteiger partial charge on any atom is 0.257 e. The van der Waals surface area contributed by atoms with Gasteiger partial charge in [0.25, 0.3) is 11.8 Å². The van der Waals surface area contributed by atoms with Crippen LogP contribution in [0.4, 0.5) is 5.13 Å². The van der Waals surface area contributed by atoms with Gasteiger partial charge in [0.2, 0.25) is 5.91 Å². The topological polar surface area (TPSA) is 104 Å². The Morgan fingerprint density at radius 3 is 2.47 bits per heavy atom. The number of carbonyl (C=O) groups is 3. The predicted octanol–water partition coefficient (Wildman–Crippen LogP) is 5.23. The van der Waals surface area contributed by atoms with Gasteiger partial charge in [-0.05, 0) is 74.1 Å². The molecule has 2 fully saturated rings. The standard InChI is InChI=1S/C33H41N5O4S/c1-4-5-6-23-7-12-30(42-3)28(19-23)29-21-43-33(35-29)36-31(40)24-8-10-25(11-9-24)32(41)37-17-14-27(15-18-37)38-16-13-26(20-38)34-22(2)39/h7-12,19,21,26-27H,4-6,13-18,20H2,1-3H3,(H,34,39)(H,35,36,40)/t26-/m1/s1. The molecule has 2 saturated heterocycles. The fourth-order valence-corrected chi connectivity index (χ4v) is 6.73. The highest BCUT2D eigenvalue weighted by atomic mass is 32.1. The van der Waals surface area contributed by atoms with Crippen molar-refractivity contribution in [2.24, 2.45) is 0 Å². The molecule has 0 unspecified atom stereocenters. The molecule has 0 bridgehead atoms. The number of rotatable bonds is 10. The second-order valence-electron chi connectivity index (χ2n) is 11.4. The first-order valence-corrected chi connectivity index (χ1v) is 16.1. The van der Waals surface area contributed by atoms with E-state index in [9.17, 15) is 14.4 Å². The van der Waals surface area contributed by atoms with Gasteiger partial charge in [-0.1, -0.05) is 19.4 Å². The van der Waals surface area contributed by atoms with Crippen molar-refractivity contribution >= 4 is 34.2 Å². The monoisotopic (exact) mass is 603 g/mol.